The molecule has 1 aliphatic heterocycles. The van der Waals surface area contributed by atoms with Gasteiger partial charge in [0.15, 0.2) is 0 Å². The van der Waals surface area contributed by atoms with Crippen LogP contribution in [0.4, 0.5) is 5.69 Å². The summed E-state index contributed by atoms with van der Waals surface area (Å²) in [6.07, 6.45) is 0. The minimum absolute atomic E-state index is 0.333. The Hall–Kier alpha value is -3.37. The van der Waals surface area contributed by atoms with Crippen molar-refractivity contribution in [3.63, 3.8) is 0 Å². The summed E-state index contributed by atoms with van der Waals surface area (Å²) >= 11 is 6.15. The van der Waals surface area contributed by atoms with E-state index in [-0.39, 0.29) is 11.8 Å². The Morgan fingerprint density at radius 3 is 2.23 bits per heavy atom. The molecule has 0 atom stereocenters. The summed E-state index contributed by atoms with van der Waals surface area (Å²) in [5.41, 5.74) is 4.20. The molecule has 0 unspecified atom stereocenters. The number of halogens is 1. The smallest absolute Gasteiger partial charge is 0.282 e. The van der Waals surface area contributed by atoms with Crippen molar-refractivity contribution in [2.75, 3.05) is 11.4 Å². The van der Waals surface area contributed by atoms with Crippen molar-refractivity contribution in [1.29, 1.82) is 0 Å². The fourth-order valence-electron chi connectivity index (χ4n) is 3.79. The Morgan fingerprint density at radius 1 is 0.871 bits per heavy atom. The number of nitrogens with zero attached hydrogens (tertiary/aromatic N) is 2. The number of likely N-dealkylation sites (N-methyl/N-ethyl adjacent to an activating group) is 1. The molecule has 2 amide bonds. The van der Waals surface area contributed by atoms with Gasteiger partial charge in [-0.25, -0.2) is 4.90 Å². The largest absolute Gasteiger partial charge is 0.362 e. The van der Waals surface area contributed by atoms with E-state index in [1.54, 1.807) is 24.3 Å². The fourth-order valence-corrected chi connectivity index (χ4v) is 3.98. The molecule has 0 fully saturated rings. The summed E-state index contributed by atoms with van der Waals surface area (Å²) in [7, 11) is 0. The highest BCUT2D eigenvalue weighted by atomic mass is 35.5. The number of hydrogen-bond acceptors (Lipinski definition) is 3. The molecule has 31 heavy (non-hydrogen) atoms. The highest BCUT2D eigenvalue weighted by Crippen LogP contribution is 2.36. The lowest BCUT2D eigenvalue weighted by Gasteiger charge is -2.25. The molecule has 4 rings (SSSR count). The molecule has 0 saturated heterocycles. The maximum atomic E-state index is 13.6. The minimum Gasteiger partial charge on any atom is -0.362 e. The summed E-state index contributed by atoms with van der Waals surface area (Å²) < 4.78 is 0. The molecule has 156 valence electrons. The van der Waals surface area contributed by atoms with E-state index in [1.807, 2.05) is 73.3 Å². The monoisotopic (exact) mass is 430 g/mol. The van der Waals surface area contributed by atoms with Gasteiger partial charge in [0.05, 0.1) is 11.3 Å². The van der Waals surface area contributed by atoms with Crippen molar-refractivity contribution < 1.29 is 9.59 Å². The van der Waals surface area contributed by atoms with Crippen molar-refractivity contribution in [2.45, 2.75) is 20.4 Å². The first-order valence-electron chi connectivity index (χ1n) is 10.2. The van der Waals surface area contributed by atoms with Gasteiger partial charge in [-0.2, -0.15) is 0 Å². The third-order valence-electron chi connectivity index (χ3n) is 5.38. The number of rotatable bonds is 6. The molecule has 4 nitrogen and oxygen atoms in total. The number of anilines is 1. The Labute approximate surface area is 187 Å². The number of amides is 2. The molecule has 5 heteroatoms. The maximum absolute atomic E-state index is 13.6. The van der Waals surface area contributed by atoms with Crippen molar-refractivity contribution in [1.82, 2.24) is 4.90 Å². The SMILES string of the molecule is CCN(Cc1ccccc1)C1=C(c2ccc(C)cc2)C(=O)N(c2cccc(Cl)c2)C1=O. The van der Waals surface area contributed by atoms with Crippen molar-refractivity contribution >= 4 is 34.7 Å². The molecular weight excluding hydrogens is 408 g/mol. The number of hydrogen-bond donors (Lipinski definition) is 0. The third-order valence-corrected chi connectivity index (χ3v) is 5.62. The average molecular weight is 431 g/mol. The van der Waals surface area contributed by atoms with Gasteiger partial charge in [-0.1, -0.05) is 77.8 Å². The normalized spacial score (nSPS) is 13.8. The standard InChI is InChI=1S/C26H23ClN2O2/c1-3-28(17-19-8-5-4-6-9-19)24-23(20-14-12-18(2)13-15-20)25(30)29(26(24)31)22-11-7-10-21(27)16-22/h4-16H,3,17H2,1-2H3. The second kappa shape index (κ2) is 8.78. The summed E-state index contributed by atoms with van der Waals surface area (Å²) in [5.74, 6) is -0.668. The van der Waals surface area contributed by atoms with Crippen LogP contribution < -0.4 is 4.90 Å². The molecule has 0 bridgehead atoms. The van der Waals surface area contributed by atoms with Crippen LogP contribution in [0.3, 0.4) is 0 Å². The lowest BCUT2D eigenvalue weighted by atomic mass is 10.0. The van der Waals surface area contributed by atoms with Crippen LogP contribution in [0.15, 0.2) is 84.6 Å². The average Bonchev–Trinajstić information content (AvgIpc) is 3.03. The van der Waals surface area contributed by atoms with Gasteiger partial charge in [-0.3, -0.25) is 9.59 Å². The van der Waals surface area contributed by atoms with Crippen LogP contribution in [0, 0.1) is 6.92 Å². The van der Waals surface area contributed by atoms with Crippen molar-refractivity contribution in [3.05, 3.63) is 106 Å². The number of aryl methyl sites for hydroxylation is 1. The van der Waals surface area contributed by atoms with Crippen LogP contribution in [-0.2, 0) is 16.1 Å². The first-order chi connectivity index (χ1) is 15.0. The van der Waals surface area contributed by atoms with Crippen molar-refractivity contribution in [3.8, 4) is 0 Å². The van der Waals surface area contributed by atoms with Gasteiger partial charge in [0.1, 0.15) is 5.70 Å². The van der Waals surface area contributed by atoms with E-state index in [4.69, 9.17) is 11.6 Å². The molecule has 0 N–H and O–H groups in total. The number of benzene rings is 3. The molecule has 3 aromatic carbocycles. The lowest BCUT2D eigenvalue weighted by molar-refractivity contribution is -0.120. The quantitative estimate of drug-likeness (QED) is 0.488. The van der Waals surface area contributed by atoms with Gasteiger partial charge < -0.3 is 4.90 Å². The van der Waals surface area contributed by atoms with Crippen LogP contribution in [0.5, 0.6) is 0 Å². The predicted octanol–water partition coefficient (Wildman–Crippen LogP) is 5.46. The van der Waals surface area contributed by atoms with E-state index in [1.165, 1.54) is 4.90 Å². The first kappa shape index (κ1) is 20.9. The topological polar surface area (TPSA) is 40.6 Å². The Bertz CT molecular complexity index is 1150. The highest BCUT2D eigenvalue weighted by Gasteiger charge is 2.42. The zero-order chi connectivity index (χ0) is 22.0. The zero-order valence-corrected chi connectivity index (χ0v) is 18.3. The molecular formula is C26H23ClN2O2. The van der Waals surface area contributed by atoms with E-state index in [9.17, 15) is 9.59 Å². The van der Waals surface area contributed by atoms with Crippen LogP contribution in [0.1, 0.15) is 23.6 Å². The molecule has 1 aliphatic rings. The molecule has 0 spiro atoms. The molecule has 0 saturated carbocycles. The summed E-state index contributed by atoms with van der Waals surface area (Å²) in [6, 6.07) is 24.5. The zero-order valence-electron chi connectivity index (χ0n) is 17.5. The Kier molecular flexibility index (Phi) is 5.92. The molecule has 3 aromatic rings. The summed E-state index contributed by atoms with van der Waals surface area (Å²) in [6.45, 7) is 5.10. The van der Waals surface area contributed by atoms with Gasteiger partial charge in [0.2, 0.25) is 0 Å². The van der Waals surface area contributed by atoms with Gasteiger partial charge in [0.25, 0.3) is 11.8 Å². The number of carbonyl (C=O) groups is 2. The molecule has 0 aromatic heterocycles. The first-order valence-corrected chi connectivity index (χ1v) is 10.6. The van der Waals surface area contributed by atoms with Gasteiger partial charge in [-0.05, 0) is 43.2 Å². The van der Waals surface area contributed by atoms with Crippen LogP contribution in [0.2, 0.25) is 5.02 Å². The van der Waals surface area contributed by atoms with Crippen LogP contribution in [0.25, 0.3) is 5.57 Å². The van der Waals surface area contributed by atoms with Crippen LogP contribution >= 0.6 is 11.6 Å². The van der Waals surface area contributed by atoms with Gasteiger partial charge in [0, 0.05) is 18.1 Å². The van der Waals surface area contributed by atoms with Gasteiger partial charge in [-0.15, -0.1) is 0 Å². The lowest BCUT2D eigenvalue weighted by Crippen LogP contribution is -2.35. The molecule has 0 aliphatic carbocycles. The second-order valence-corrected chi connectivity index (χ2v) is 7.95. The van der Waals surface area contributed by atoms with Gasteiger partial charge >= 0.3 is 0 Å². The summed E-state index contributed by atoms with van der Waals surface area (Å²) in [5, 5.41) is 0.472. The predicted molar refractivity (Wildman–Crippen MR) is 125 cm³/mol. The third kappa shape index (κ3) is 4.12. The number of carbonyl (C=O) groups excluding carboxylic acids is 2. The van der Waals surface area contributed by atoms with E-state index in [2.05, 4.69) is 0 Å². The maximum Gasteiger partial charge on any atom is 0.282 e. The van der Waals surface area contributed by atoms with E-state index in [0.717, 1.165) is 16.7 Å². The minimum atomic E-state index is -0.336. The Balaban J connectivity index is 1.83. The highest BCUT2D eigenvalue weighted by molar-refractivity contribution is 6.45. The molecule has 1 heterocycles. The number of imide groups is 1. The second-order valence-electron chi connectivity index (χ2n) is 7.51. The molecule has 0 radical (unpaired) electrons. The van der Waals surface area contributed by atoms with E-state index < -0.39 is 0 Å². The Morgan fingerprint density at radius 2 is 1.58 bits per heavy atom. The van der Waals surface area contributed by atoms with E-state index in [0.29, 0.717) is 35.1 Å². The van der Waals surface area contributed by atoms with E-state index >= 15 is 0 Å². The fraction of sp³-hybridized carbons (Fsp3) is 0.154. The summed E-state index contributed by atoms with van der Waals surface area (Å²) in [4.78, 5) is 30.4. The van der Waals surface area contributed by atoms with Crippen LogP contribution in [-0.4, -0.2) is 23.3 Å². The van der Waals surface area contributed by atoms with Crippen molar-refractivity contribution in [2.24, 2.45) is 0 Å².